The summed E-state index contributed by atoms with van der Waals surface area (Å²) in [5.41, 5.74) is 2.16. The maximum Gasteiger partial charge on any atom is 0.224 e. The van der Waals surface area contributed by atoms with Crippen molar-refractivity contribution >= 4 is 5.91 Å². The van der Waals surface area contributed by atoms with Crippen molar-refractivity contribution in [3.63, 3.8) is 0 Å². The highest BCUT2D eigenvalue weighted by molar-refractivity contribution is 5.81. The van der Waals surface area contributed by atoms with E-state index in [0.29, 0.717) is 6.42 Å². The summed E-state index contributed by atoms with van der Waals surface area (Å²) in [4.78, 5) is 13.2. The molecule has 0 aromatic rings. The predicted octanol–water partition coefficient (Wildman–Crippen LogP) is 0.561. The second kappa shape index (κ2) is 3.91. The molecular weight excluding hydrogens is 228 g/mol. The number of carbonyl (C=O) groups is 1. The van der Waals surface area contributed by atoms with Gasteiger partial charge in [0.25, 0.3) is 0 Å². The van der Waals surface area contributed by atoms with Gasteiger partial charge in [-0.05, 0) is 30.3 Å². The number of amides is 1. The van der Waals surface area contributed by atoms with Crippen molar-refractivity contribution in [3.05, 3.63) is 35.7 Å². The van der Waals surface area contributed by atoms with E-state index < -0.39 is 0 Å². The molecule has 0 saturated carbocycles. The fourth-order valence-electron chi connectivity index (χ4n) is 2.98. The molecule has 1 fully saturated rings. The molecular formula is C13H14N4O. The van der Waals surface area contributed by atoms with Crippen LogP contribution in [0.2, 0.25) is 0 Å². The van der Waals surface area contributed by atoms with Crippen LogP contribution in [-0.4, -0.2) is 23.0 Å². The predicted molar refractivity (Wildman–Crippen MR) is 65.4 cm³/mol. The van der Waals surface area contributed by atoms with Gasteiger partial charge in [0.15, 0.2) is 6.19 Å². The number of hydrogen-bond acceptors (Lipinski definition) is 4. The van der Waals surface area contributed by atoms with Crippen LogP contribution in [0.1, 0.15) is 13.3 Å². The Kier molecular flexibility index (Phi) is 2.37. The lowest BCUT2D eigenvalue weighted by Gasteiger charge is -2.43. The molecule has 3 heterocycles. The highest BCUT2D eigenvalue weighted by atomic mass is 16.1. The average Bonchev–Trinajstić information content (AvgIpc) is 2.36. The summed E-state index contributed by atoms with van der Waals surface area (Å²) >= 11 is 0. The van der Waals surface area contributed by atoms with Crippen LogP contribution < -0.4 is 10.6 Å². The number of nitrogens with zero attached hydrogens (tertiary/aromatic N) is 2. The van der Waals surface area contributed by atoms with E-state index in [1.165, 1.54) is 0 Å². The molecule has 3 rings (SSSR count). The van der Waals surface area contributed by atoms with Crippen molar-refractivity contribution in [2.75, 3.05) is 0 Å². The Labute approximate surface area is 105 Å². The van der Waals surface area contributed by atoms with Gasteiger partial charge in [0, 0.05) is 24.6 Å². The number of dihydropyridines is 1. The minimum absolute atomic E-state index is 0.0289. The van der Waals surface area contributed by atoms with E-state index in [-0.39, 0.29) is 24.0 Å². The summed E-state index contributed by atoms with van der Waals surface area (Å²) in [5.74, 6) is 0.219. The van der Waals surface area contributed by atoms with Gasteiger partial charge >= 0.3 is 0 Å². The van der Waals surface area contributed by atoms with Crippen molar-refractivity contribution < 1.29 is 4.79 Å². The quantitative estimate of drug-likeness (QED) is 0.609. The van der Waals surface area contributed by atoms with Gasteiger partial charge in [0.1, 0.15) is 6.17 Å². The van der Waals surface area contributed by atoms with Crippen LogP contribution in [0.4, 0.5) is 0 Å². The number of hydrogen-bond donors (Lipinski definition) is 2. The fraction of sp³-hybridized carbons (Fsp3) is 0.385. The first-order valence-electron chi connectivity index (χ1n) is 6.01. The van der Waals surface area contributed by atoms with Crippen molar-refractivity contribution in [2.24, 2.45) is 5.92 Å². The minimum atomic E-state index is -0.119. The molecule has 5 nitrogen and oxygen atoms in total. The largest absolute Gasteiger partial charge is 0.367 e. The molecule has 0 aromatic heterocycles. The van der Waals surface area contributed by atoms with E-state index in [1.807, 2.05) is 31.5 Å². The molecule has 0 spiro atoms. The third kappa shape index (κ3) is 1.50. The van der Waals surface area contributed by atoms with E-state index in [1.54, 1.807) is 4.90 Å². The molecule has 1 saturated heterocycles. The number of nitrogens with one attached hydrogen (secondary N) is 2. The van der Waals surface area contributed by atoms with Gasteiger partial charge in [0.2, 0.25) is 5.91 Å². The fourth-order valence-corrected chi connectivity index (χ4v) is 2.98. The average molecular weight is 242 g/mol. The summed E-state index contributed by atoms with van der Waals surface area (Å²) in [6.45, 7) is 2.01. The highest BCUT2D eigenvalue weighted by Gasteiger charge is 2.40. The summed E-state index contributed by atoms with van der Waals surface area (Å²) in [7, 11) is 0. The number of piperidine rings is 1. The van der Waals surface area contributed by atoms with Crippen molar-refractivity contribution in [1.82, 2.24) is 15.5 Å². The molecule has 92 valence electrons. The molecule has 1 amide bonds. The van der Waals surface area contributed by atoms with E-state index in [9.17, 15) is 10.1 Å². The number of rotatable bonds is 0. The Morgan fingerprint density at radius 1 is 1.56 bits per heavy atom. The molecule has 3 aliphatic rings. The first-order chi connectivity index (χ1) is 8.70. The van der Waals surface area contributed by atoms with Gasteiger partial charge in [-0.1, -0.05) is 6.08 Å². The number of carbonyl (C=O) groups excluding carboxylic acids is 1. The molecule has 18 heavy (non-hydrogen) atoms. The molecule has 0 radical (unpaired) electrons. The zero-order valence-electron chi connectivity index (χ0n) is 10.1. The molecule has 3 unspecified atom stereocenters. The monoisotopic (exact) mass is 242 g/mol. The topological polar surface area (TPSA) is 68.2 Å². The highest BCUT2D eigenvalue weighted by Crippen LogP contribution is 2.37. The third-order valence-corrected chi connectivity index (χ3v) is 3.67. The van der Waals surface area contributed by atoms with E-state index >= 15 is 0 Å². The minimum Gasteiger partial charge on any atom is -0.367 e. The van der Waals surface area contributed by atoms with Gasteiger partial charge in [-0.25, -0.2) is 0 Å². The lowest BCUT2D eigenvalue weighted by molar-refractivity contribution is -0.122. The van der Waals surface area contributed by atoms with Gasteiger partial charge in [-0.2, -0.15) is 5.26 Å². The summed E-state index contributed by atoms with van der Waals surface area (Å²) in [6, 6.07) is 0.0698. The Morgan fingerprint density at radius 3 is 3.17 bits per heavy atom. The maximum absolute atomic E-state index is 11.6. The van der Waals surface area contributed by atoms with Crippen LogP contribution in [0.15, 0.2) is 35.7 Å². The molecule has 0 bridgehead atoms. The molecule has 5 heteroatoms. The Hall–Kier alpha value is -2.22. The van der Waals surface area contributed by atoms with Gasteiger partial charge in [0.05, 0.1) is 0 Å². The number of nitriles is 1. The van der Waals surface area contributed by atoms with Gasteiger partial charge < -0.3 is 10.6 Å². The van der Waals surface area contributed by atoms with Crippen molar-refractivity contribution in [2.45, 2.75) is 25.6 Å². The second-order valence-electron chi connectivity index (χ2n) is 4.82. The summed E-state index contributed by atoms with van der Waals surface area (Å²) in [5, 5.41) is 15.3. The Morgan fingerprint density at radius 2 is 2.39 bits per heavy atom. The molecule has 0 aromatic carbocycles. The van der Waals surface area contributed by atoms with E-state index in [0.717, 1.165) is 11.1 Å². The van der Waals surface area contributed by atoms with Crippen LogP contribution in [0.5, 0.6) is 0 Å². The Bertz CT molecular complexity index is 526. The van der Waals surface area contributed by atoms with Crippen LogP contribution in [0, 0.1) is 17.4 Å². The zero-order chi connectivity index (χ0) is 12.7. The number of fused-ring (bicyclic) bond motifs is 3. The summed E-state index contributed by atoms with van der Waals surface area (Å²) < 4.78 is 0. The van der Waals surface area contributed by atoms with Crippen LogP contribution >= 0.6 is 0 Å². The smallest absolute Gasteiger partial charge is 0.224 e. The standard InChI is InChI=1S/C13H14N4O/c1-8-12-9(5-11(18)16-8)6-17(7-14)13-10(12)3-2-4-15-13/h2-4,6,8,12-13,15H,5H2,1H3,(H,16,18). The van der Waals surface area contributed by atoms with Crippen LogP contribution in [0.3, 0.4) is 0 Å². The lowest BCUT2D eigenvalue weighted by Crippen LogP contribution is -2.53. The first-order valence-corrected chi connectivity index (χ1v) is 6.01. The van der Waals surface area contributed by atoms with Crippen LogP contribution in [0.25, 0.3) is 0 Å². The molecule has 2 N–H and O–H groups in total. The normalized spacial score (nSPS) is 33.2. The van der Waals surface area contributed by atoms with Gasteiger partial charge in [-0.15, -0.1) is 0 Å². The van der Waals surface area contributed by atoms with E-state index in [2.05, 4.69) is 16.8 Å². The van der Waals surface area contributed by atoms with Crippen molar-refractivity contribution in [3.8, 4) is 6.19 Å². The Balaban J connectivity index is 2.07. The van der Waals surface area contributed by atoms with Crippen molar-refractivity contribution in [1.29, 1.82) is 5.26 Å². The lowest BCUT2D eigenvalue weighted by atomic mass is 9.77. The first kappa shape index (κ1) is 10.9. The van der Waals surface area contributed by atoms with Gasteiger partial charge in [-0.3, -0.25) is 9.69 Å². The zero-order valence-corrected chi connectivity index (χ0v) is 10.1. The van der Waals surface area contributed by atoms with Crippen LogP contribution in [-0.2, 0) is 4.79 Å². The molecule has 3 aliphatic heterocycles. The summed E-state index contributed by atoms with van der Waals surface area (Å²) in [6.07, 6.45) is 10.0. The second-order valence-corrected chi connectivity index (χ2v) is 4.82. The third-order valence-electron chi connectivity index (χ3n) is 3.67. The molecule has 0 aliphatic carbocycles. The van der Waals surface area contributed by atoms with E-state index in [4.69, 9.17) is 0 Å². The molecule has 3 atom stereocenters. The number of allylic oxidation sites excluding steroid dienone is 2. The maximum atomic E-state index is 11.6. The SMILES string of the molecule is CC1NC(=O)CC2=CN(C#N)C3NC=CC=C3C21.